The highest BCUT2D eigenvalue weighted by Crippen LogP contribution is 2.22. The maximum Gasteiger partial charge on any atom is 0.0611 e. The van der Waals surface area contributed by atoms with Crippen molar-refractivity contribution in [3.05, 3.63) is 0 Å². The minimum Gasteiger partial charge on any atom is -0.394 e. The van der Waals surface area contributed by atoms with Crippen LogP contribution in [0.5, 0.6) is 0 Å². The third-order valence-electron chi connectivity index (χ3n) is 5.06. The minimum absolute atomic E-state index is 0.111. The van der Waals surface area contributed by atoms with E-state index >= 15 is 0 Å². The molecule has 4 heteroatoms. The van der Waals surface area contributed by atoms with E-state index in [0.29, 0.717) is 0 Å². The summed E-state index contributed by atoms with van der Waals surface area (Å²) in [6.45, 7) is 8.39. The summed E-state index contributed by atoms with van der Waals surface area (Å²) in [7, 11) is 0. The van der Waals surface area contributed by atoms with Crippen molar-refractivity contribution in [1.29, 1.82) is 0 Å². The zero-order valence-electron chi connectivity index (χ0n) is 12.5. The van der Waals surface area contributed by atoms with E-state index in [1.54, 1.807) is 0 Å². The average molecular weight is 269 g/mol. The predicted molar refractivity (Wildman–Crippen MR) is 79.2 cm³/mol. The Kier molecular flexibility index (Phi) is 5.63. The van der Waals surface area contributed by atoms with Gasteiger partial charge in [-0.25, -0.2) is 0 Å². The van der Waals surface area contributed by atoms with Gasteiger partial charge in [0.25, 0.3) is 0 Å². The van der Waals surface area contributed by atoms with Gasteiger partial charge in [-0.1, -0.05) is 6.92 Å². The fraction of sp³-hybridized carbons (Fsp3) is 1.00. The van der Waals surface area contributed by atoms with Gasteiger partial charge in [-0.3, -0.25) is 4.90 Å². The summed E-state index contributed by atoms with van der Waals surface area (Å²) in [5.74, 6) is 0. The molecule has 0 aliphatic carbocycles. The zero-order valence-corrected chi connectivity index (χ0v) is 12.5. The molecule has 0 aromatic heterocycles. The molecule has 2 heterocycles. The Labute approximate surface area is 117 Å². The molecule has 2 atom stereocenters. The van der Waals surface area contributed by atoms with Gasteiger partial charge in [0, 0.05) is 18.1 Å². The number of fused-ring (bicyclic) bond motifs is 1. The van der Waals surface area contributed by atoms with Crippen LogP contribution in [0.15, 0.2) is 0 Å². The van der Waals surface area contributed by atoms with Crippen molar-refractivity contribution in [3.8, 4) is 0 Å². The van der Waals surface area contributed by atoms with Crippen molar-refractivity contribution in [2.75, 3.05) is 39.3 Å². The van der Waals surface area contributed by atoms with Crippen molar-refractivity contribution < 1.29 is 5.11 Å². The highest BCUT2D eigenvalue weighted by atomic mass is 16.3. The van der Waals surface area contributed by atoms with Gasteiger partial charge in [-0.05, 0) is 64.7 Å². The maximum absolute atomic E-state index is 9.35. The van der Waals surface area contributed by atoms with Crippen molar-refractivity contribution in [2.45, 2.75) is 57.0 Å². The lowest BCUT2D eigenvalue weighted by molar-refractivity contribution is 0.168. The van der Waals surface area contributed by atoms with Gasteiger partial charge in [-0.2, -0.15) is 0 Å². The lowest BCUT2D eigenvalue weighted by atomic mass is 9.92. The van der Waals surface area contributed by atoms with Crippen molar-refractivity contribution in [3.63, 3.8) is 0 Å². The first-order valence-electron chi connectivity index (χ1n) is 8.03. The molecular formula is C15H31N3O. The minimum atomic E-state index is -0.356. The second-order valence-electron chi connectivity index (χ2n) is 6.46. The molecule has 0 spiro atoms. The number of nitrogens with zero attached hydrogens (tertiary/aromatic N) is 2. The van der Waals surface area contributed by atoms with Crippen LogP contribution in [0.3, 0.4) is 0 Å². The van der Waals surface area contributed by atoms with Crippen molar-refractivity contribution >= 4 is 0 Å². The van der Waals surface area contributed by atoms with Gasteiger partial charge in [0.2, 0.25) is 0 Å². The zero-order chi connectivity index (χ0) is 13.7. The number of hydrogen-bond donors (Lipinski definition) is 2. The molecule has 2 aliphatic rings. The fourth-order valence-electron chi connectivity index (χ4n) is 3.51. The molecule has 2 saturated heterocycles. The Bertz CT molecular complexity index is 268. The monoisotopic (exact) mass is 269 g/mol. The third-order valence-corrected chi connectivity index (χ3v) is 5.06. The normalized spacial score (nSPS) is 28.9. The van der Waals surface area contributed by atoms with Gasteiger partial charge < -0.3 is 15.7 Å². The molecule has 2 rings (SSSR count). The Morgan fingerprint density at radius 3 is 2.79 bits per heavy atom. The molecule has 0 aromatic rings. The number of rotatable bonds is 6. The van der Waals surface area contributed by atoms with E-state index in [0.717, 1.165) is 31.8 Å². The first-order chi connectivity index (χ1) is 9.17. The third kappa shape index (κ3) is 4.15. The second kappa shape index (κ2) is 7.02. The molecule has 2 aliphatic heterocycles. The van der Waals surface area contributed by atoms with E-state index in [1.165, 1.54) is 45.4 Å². The standard InChI is InChI=1S/C15H31N3O/c1-2-15(16,13-19)7-4-8-17-9-5-11-18-10-3-6-14(18)12-17/h14,19H,2-13,16H2,1H3. The number of aliphatic hydroxyl groups excluding tert-OH is 1. The quantitative estimate of drug-likeness (QED) is 0.756. The molecule has 4 nitrogen and oxygen atoms in total. The first-order valence-corrected chi connectivity index (χ1v) is 8.03. The fourth-order valence-corrected chi connectivity index (χ4v) is 3.51. The van der Waals surface area contributed by atoms with E-state index in [1.807, 2.05) is 0 Å². The largest absolute Gasteiger partial charge is 0.394 e. The number of aliphatic hydroxyl groups is 1. The van der Waals surface area contributed by atoms with Crippen LogP contribution in [-0.4, -0.2) is 65.8 Å². The highest BCUT2D eigenvalue weighted by molar-refractivity contribution is 4.86. The van der Waals surface area contributed by atoms with Crippen molar-refractivity contribution in [1.82, 2.24) is 9.80 Å². The molecule has 0 saturated carbocycles. The molecule has 0 bridgehead atoms. The SMILES string of the molecule is CCC(N)(CO)CCCN1CCCN2CCCC2C1. The summed E-state index contributed by atoms with van der Waals surface area (Å²) in [5.41, 5.74) is 5.80. The molecule has 19 heavy (non-hydrogen) atoms. The lowest BCUT2D eigenvalue weighted by Crippen LogP contribution is -2.44. The lowest BCUT2D eigenvalue weighted by Gasteiger charge is -2.29. The Morgan fingerprint density at radius 1 is 1.26 bits per heavy atom. The summed E-state index contributed by atoms with van der Waals surface area (Å²) in [6, 6.07) is 0.800. The number of nitrogens with two attached hydrogens (primary N) is 1. The second-order valence-corrected chi connectivity index (χ2v) is 6.46. The summed E-state index contributed by atoms with van der Waals surface area (Å²) < 4.78 is 0. The van der Waals surface area contributed by atoms with E-state index in [9.17, 15) is 5.11 Å². The molecule has 3 N–H and O–H groups in total. The van der Waals surface area contributed by atoms with Gasteiger partial charge in [0.15, 0.2) is 0 Å². The molecule has 2 unspecified atom stereocenters. The Hall–Kier alpha value is -0.160. The molecular weight excluding hydrogens is 238 g/mol. The predicted octanol–water partition coefficient (Wildman–Crippen LogP) is 1.04. The summed E-state index contributed by atoms with van der Waals surface area (Å²) in [6.07, 6.45) is 6.97. The van der Waals surface area contributed by atoms with Crippen LogP contribution in [-0.2, 0) is 0 Å². The maximum atomic E-state index is 9.35. The van der Waals surface area contributed by atoms with Gasteiger partial charge in [-0.15, -0.1) is 0 Å². The Balaban J connectivity index is 1.73. The van der Waals surface area contributed by atoms with E-state index in [-0.39, 0.29) is 12.1 Å². The summed E-state index contributed by atoms with van der Waals surface area (Å²) in [5, 5.41) is 9.35. The molecule has 0 aromatic carbocycles. The summed E-state index contributed by atoms with van der Waals surface area (Å²) >= 11 is 0. The van der Waals surface area contributed by atoms with Crippen LogP contribution in [0.4, 0.5) is 0 Å². The van der Waals surface area contributed by atoms with Gasteiger partial charge >= 0.3 is 0 Å². The number of hydrogen-bond acceptors (Lipinski definition) is 4. The first kappa shape index (κ1) is 15.2. The van der Waals surface area contributed by atoms with Crippen LogP contribution in [0.1, 0.15) is 45.4 Å². The van der Waals surface area contributed by atoms with E-state index in [2.05, 4.69) is 16.7 Å². The van der Waals surface area contributed by atoms with Crippen LogP contribution in [0, 0.1) is 0 Å². The summed E-state index contributed by atoms with van der Waals surface area (Å²) in [4.78, 5) is 5.29. The molecule has 0 radical (unpaired) electrons. The van der Waals surface area contributed by atoms with E-state index in [4.69, 9.17) is 5.73 Å². The topological polar surface area (TPSA) is 52.7 Å². The molecule has 112 valence electrons. The van der Waals surface area contributed by atoms with Crippen molar-refractivity contribution in [2.24, 2.45) is 5.73 Å². The van der Waals surface area contributed by atoms with Crippen LogP contribution in [0.2, 0.25) is 0 Å². The highest BCUT2D eigenvalue weighted by Gasteiger charge is 2.28. The van der Waals surface area contributed by atoms with Crippen LogP contribution in [0.25, 0.3) is 0 Å². The average Bonchev–Trinajstić information content (AvgIpc) is 2.77. The van der Waals surface area contributed by atoms with Gasteiger partial charge in [0.1, 0.15) is 0 Å². The van der Waals surface area contributed by atoms with Gasteiger partial charge in [0.05, 0.1) is 6.61 Å². The molecule has 0 amide bonds. The Morgan fingerprint density at radius 2 is 2.05 bits per heavy atom. The smallest absolute Gasteiger partial charge is 0.0611 e. The molecule has 2 fully saturated rings. The van der Waals surface area contributed by atoms with Crippen LogP contribution >= 0.6 is 0 Å². The van der Waals surface area contributed by atoms with Crippen LogP contribution < -0.4 is 5.73 Å². The van der Waals surface area contributed by atoms with E-state index < -0.39 is 0 Å².